The monoisotopic (exact) mass is 441 g/mol. The number of fused-ring (bicyclic) bond motifs is 5. The summed E-state index contributed by atoms with van der Waals surface area (Å²) in [5.41, 5.74) is 4.89. The van der Waals surface area contributed by atoms with Crippen LogP contribution in [0.3, 0.4) is 0 Å². The van der Waals surface area contributed by atoms with Crippen LogP contribution in [0.15, 0.2) is 66.7 Å². The van der Waals surface area contributed by atoms with Crippen LogP contribution >= 0.6 is 11.3 Å². The van der Waals surface area contributed by atoms with E-state index in [2.05, 4.69) is 10.3 Å². The van der Waals surface area contributed by atoms with Crippen molar-refractivity contribution in [1.82, 2.24) is 19.5 Å². The summed E-state index contributed by atoms with van der Waals surface area (Å²) in [6.45, 7) is 0.447. The van der Waals surface area contributed by atoms with E-state index >= 15 is 0 Å². The number of hydrogen-bond acceptors (Lipinski definition) is 5. The molecule has 6 nitrogen and oxygen atoms in total. The van der Waals surface area contributed by atoms with Crippen molar-refractivity contribution in [2.45, 2.75) is 13.0 Å². The second-order valence-electron chi connectivity index (χ2n) is 7.48. The van der Waals surface area contributed by atoms with Gasteiger partial charge in [0.15, 0.2) is 10.8 Å². The van der Waals surface area contributed by atoms with Gasteiger partial charge < -0.3 is 9.88 Å². The molecule has 0 spiro atoms. The van der Waals surface area contributed by atoms with Crippen molar-refractivity contribution in [2.24, 2.45) is 0 Å². The van der Waals surface area contributed by atoms with Crippen LogP contribution in [0, 0.1) is 5.82 Å². The Morgan fingerprint density at radius 1 is 0.938 bits per heavy atom. The highest BCUT2D eigenvalue weighted by atomic mass is 32.1. The average molecular weight is 441 g/mol. The van der Waals surface area contributed by atoms with Crippen molar-refractivity contribution in [3.63, 3.8) is 0 Å². The van der Waals surface area contributed by atoms with Gasteiger partial charge in [0, 0.05) is 18.4 Å². The number of aromatic nitrogens is 4. The van der Waals surface area contributed by atoms with E-state index in [1.807, 2.05) is 53.1 Å². The van der Waals surface area contributed by atoms with Crippen molar-refractivity contribution in [3.8, 4) is 0 Å². The summed E-state index contributed by atoms with van der Waals surface area (Å²) in [4.78, 5) is 26.7. The molecule has 156 valence electrons. The van der Waals surface area contributed by atoms with E-state index in [1.165, 1.54) is 23.5 Å². The van der Waals surface area contributed by atoms with Crippen molar-refractivity contribution in [1.29, 1.82) is 0 Å². The van der Waals surface area contributed by atoms with Gasteiger partial charge in [-0.2, -0.15) is 0 Å². The molecule has 32 heavy (non-hydrogen) atoms. The first-order chi connectivity index (χ1) is 15.7. The lowest BCUT2D eigenvalue weighted by molar-refractivity contribution is -0.116. The van der Waals surface area contributed by atoms with E-state index in [0.29, 0.717) is 21.9 Å². The van der Waals surface area contributed by atoms with Gasteiger partial charge in [-0.3, -0.25) is 4.79 Å². The minimum atomic E-state index is -0.320. The Labute approximate surface area is 185 Å². The Morgan fingerprint density at radius 2 is 1.72 bits per heavy atom. The zero-order valence-corrected chi connectivity index (χ0v) is 17.6. The van der Waals surface area contributed by atoms with E-state index in [1.54, 1.807) is 6.07 Å². The average Bonchev–Trinajstić information content (AvgIpc) is 3.33. The van der Waals surface area contributed by atoms with Crippen molar-refractivity contribution >= 4 is 65.7 Å². The lowest BCUT2D eigenvalue weighted by Crippen LogP contribution is -2.14. The van der Waals surface area contributed by atoms with Crippen LogP contribution in [-0.4, -0.2) is 25.4 Å². The van der Waals surface area contributed by atoms with E-state index in [-0.39, 0.29) is 18.1 Å². The molecule has 6 rings (SSSR count). The number of nitrogens with one attached hydrogen (secondary N) is 1. The summed E-state index contributed by atoms with van der Waals surface area (Å²) < 4.78 is 16.2. The molecule has 0 bridgehead atoms. The smallest absolute Gasteiger partial charge is 0.227 e. The van der Waals surface area contributed by atoms with Crippen LogP contribution in [0.2, 0.25) is 0 Å². The molecule has 0 aliphatic heterocycles. The molecule has 1 amide bonds. The number of carbonyl (C=O) groups is 1. The zero-order chi connectivity index (χ0) is 21.7. The molecule has 3 aromatic heterocycles. The molecule has 0 saturated heterocycles. The van der Waals surface area contributed by atoms with Gasteiger partial charge in [-0.15, -0.1) is 0 Å². The van der Waals surface area contributed by atoms with Gasteiger partial charge in [0.05, 0.1) is 26.8 Å². The van der Waals surface area contributed by atoms with Gasteiger partial charge in [-0.25, -0.2) is 19.3 Å². The normalized spacial score (nSPS) is 11.7. The van der Waals surface area contributed by atoms with Gasteiger partial charge in [-0.1, -0.05) is 41.7 Å². The quantitative estimate of drug-likeness (QED) is 0.391. The largest absolute Gasteiger partial charge is 0.323 e. The molecule has 8 heteroatoms. The van der Waals surface area contributed by atoms with Crippen molar-refractivity contribution < 1.29 is 9.18 Å². The van der Waals surface area contributed by atoms with E-state index in [9.17, 15) is 9.18 Å². The Morgan fingerprint density at radius 3 is 2.59 bits per heavy atom. The van der Waals surface area contributed by atoms with Crippen LogP contribution in [-0.2, 0) is 11.3 Å². The fourth-order valence-electron chi connectivity index (χ4n) is 3.96. The summed E-state index contributed by atoms with van der Waals surface area (Å²) >= 11 is 1.26. The lowest BCUT2D eigenvalue weighted by atomic mass is 10.2. The van der Waals surface area contributed by atoms with E-state index < -0.39 is 0 Å². The van der Waals surface area contributed by atoms with Gasteiger partial charge in [0.25, 0.3) is 0 Å². The van der Waals surface area contributed by atoms with Gasteiger partial charge in [0.1, 0.15) is 11.3 Å². The van der Waals surface area contributed by atoms with Crippen LogP contribution in [0.1, 0.15) is 6.42 Å². The predicted octanol–water partition coefficient (Wildman–Crippen LogP) is 5.52. The van der Waals surface area contributed by atoms with Crippen LogP contribution < -0.4 is 5.32 Å². The predicted molar refractivity (Wildman–Crippen MR) is 125 cm³/mol. The third-order valence-electron chi connectivity index (χ3n) is 5.42. The molecule has 6 aromatic rings. The molecule has 0 aliphatic carbocycles. The third kappa shape index (κ3) is 3.16. The Bertz CT molecular complexity index is 1650. The lowest BCUT2D eigenvalue weighted by Gasteiger charge is -2.07. The summed E-state index contributed by atoms with van der Waals surface area (Å²) in [7, 11) is 0. The van der Waals surface area contributed by atoms with Crippen LogP contribution in [0.25, 0.3) is 43.3 Å². The van der Waals surface area contributed by atoms with E-state index in [4.69, 9.17) is 9.97 Å². The maximum atomic E-state index is 13.4. The maximum Gasteiger partial charge on any atom is 0.227 e. The number of carbonyl (C=O) groups excluding carboxylic acids is 1. The molecule has 0 atom stereocenters. The Kier molecular flexibility index (Phi) is 4.32. The summed E-state index contributed by atoms with van der Waals surface area (Å²) in [5.74, 6) is -0.483. The molecular formula is C24H16FN5OS. The highest BCUT2D eigenvalue weighted by molar-refractivity contribution is 7.22. The van der Waals surface area contributed by atoms with Crippen molar-refractivity contribution in [2.75, 3.05) is 5.32 Å². The number of anilines is 1. The standard InChI is InChI=1S/C24H16FN5OS/c25-14-9-10-18-20(13-14)32-24(28-18)29-21(31)11-12-30-19-8-4-1-5-15(19)22-23(30)27-17-7-3-2-6-16(17)26-22/h1-10,13H,11-12H2,(H,28,29,31). The molecule has 3 aromatic carbocycles. The van der Waals surface area contributed by atoms with Crippen LogP contribution in [0.4, 0.5) is 9.52 Å². The summed E-state index contributed by atoms with van der Waals surface area (Å²) in [6, 6.07) is 20.2. The first kappa shape index (κ1) is 18.8. The molecule has 0 fully saturated rings. The number of rotatable bonds is 4. The molecule has 0 radical (unpaired) electrons. The first-order valence-corrected chi connectivity index (χ1v) is 11.0. The first-order valence-electron chi connectivity index (χ1n) is 10.2. The summed E-state index contributed by atoms with van der Waals surface area (Å²) in [5, 5.41) is 4.31. The molecule has 0 unspecified atom stereocenters. The second kappa shape index (κ2) is 7.35. The number of benzene rings is 3. The zero-order valence-electron chi connectivity index (χ0n) is 16.7. The molecule has 1 N–H and O–H groups in total. The number of nitrogens with zero attached hydrogens (tertiary/aromatic N) is 4. The number of para-hydroxylation sites is 3. The summed E-state index contributed by atoms with van der Waals surface area (Å²) in [6.07, 6.45) is 0.243. The van der Waals surface area contributed by atoms with Gasteiger partial charge in [-0.05, 0) is 36.4 Å². The third-order valence-corrected chi connectivity index (χ3v) is 6.35. The van der Waals surface area contributed by atoms with Crippen LogP contribution in [0.5, 0.6) is 0 Å². The minimum absolute atomic E-state index is 0.163. The maximum absolute atomic E-state index is 13.4. The Balaban J connectivity index is 1.32. The van der Waals surface area contributed by atoms with Gasteiger partial charge in [0.2, 0.25) is 5.91 Å². The number of aryl methyl sites for hydroxylation is 1. The molecule has 0 saturated carbocycles. The highest BCUT2D eigenvalue weighted by Crippen LogP contribution is 2.29. The van der Waals surface area contributed by atoms with Gasteiger partial charge >= 0.3 is 0 Å². The molecule has 0 aliphatic rings. The minimum Gasteiger partial charge on any atom is -0.323 e. The SMILES string of the molecule is O=C(CCn1c2ccccc2c2nc3ccccc3nc21)Nc1nc2ccc(F)cc2s1. The topological polar surface area (TPSA) is 72.7 Å². The number of amides is 1. The highest BCUT2D eigenvalue weighted by Gasteiger charge is 2.16. The van der Waals surface area contributed by atoms with Crippen molar-refractivity contribution in [3.05, 3.63) is 72.5 Å². The number of thiazole rings is 1. The molecular weight excluding hydrogens is 425 g/mol. The number of hydrogen-bond donors (Lipinski definition) is 1. The fraction of sp³-hybridized carbons (Fsp3) is 0.0833. The second-order valence-corrected chi connectivity index (χ2v) is 8.51. The molecule has 3 heterocycles. The fourth-order valence-corrected chi connectivity index (χ4v) is 4.86. The Hall–Kier alpha value is -3.91. The number of halogens is 1. The van der Waals surface area contributed by atoms with E-state index in [0.717, 1.165) is 33.1 Å².